The van der Waals surface area contributed by atoms with Gasteiger partial charge in [-0.1, -0.05) is 12.8 Å². The number of aliphatic hydroxyl groups excluding tert-OH is 1. The Morgan fingerprint density at radius 3 is 2.74 bits per heavy atom. The van der Waals surface area contributed by atoms with Crippen molar-refractivity contribution in [2.45, 2.75) is 45.3 Å². The summed E-state index contributed by atoms with van der Waals surface area (Å²) in [5.41, 5.74) is 1.04. The molecule has 1 aliphatic rings. The topological polar surface area (TPSA) is 68.7 Å². The number of carbonyl (C=O) groups is 1. The molecule has 1 fully saturated rings. The van der Waals surface area contributed by atoms with Crippen molar-refractivity contribution in [3.63, 3.8) is 0 Å². The van der Waals surface area contributed by atoms with E-state index >= 15 is 0 Å². The van der Waals surface area contributed by atoms with Crippen LogP contribution in [0.4, 0.5) is 10.6 Å². The summed E-state index contributed by atoms with van der Waals surface area (Å²) in [5.74, 6) is 0.996. The molecule has 0 spiro atoms. The van der Waals surface area contributed by atoms with E-state index < -0.39 is 6.10 Å². The summed E-state index contributed by atoms with van der Waals surface area (Å²) in [6, 6.07) is 3.80. The number of hydrogen-bond donors (Lipinski definition) is 2. The summed E-state index contributed by atoms with van der Waals surface area (Å²) < 4.78 is 0. The predicted octanol–water partition coefficient (Wildman–Crippen LogP) is 1.98. The fraction of sp³-hybridized carbons (Fsp3) is 0.647. The minimum Gasteiger partial charge on any atom is -0.392 e. The van der Waals surface area contributed by atoms with Gasteiger partial charge in [0.05, 0.1) is 6.10 Å². The summed E-state index contributed by atoms with van der Waals surface area (Å²) in [4.78, 5) is 20.3. The van der Waals surface area contributed by atoms with Crippen molar-refractivity contribution in [1.29, 1.82) is 0 Å². The second kappa shape index (κ2) is 8.72. The molecular weight excluding hydrogens is 292 g/mol. The molecule has 6 nitrogen and oxygen atoms in total. The van der Waals surface area contributed by atoms with Crippen LogP contribution in [0.5, 0.6) is 0 Å². The molecule has 6 heteroatoms. The van der Waals surface area contributed by atoms with Crippen LogP contribution in [0.25, 0.3) is 0 Å². The fourth-order valence-electron chi connectivity index (χ4n) is 2.84. The maximum absolute atomic E-state index is 12.0. The van der Waals surface area contributed by atoms with E-state index in [0.29, 0.717) is 13.1 Å². The van der Waals surface area contributed by atoms with E-state index in [4.69, 9.17) is 0 Å². The number of aliphatic hydroxyl groups is 1. The molecule has 0 bridgehead atoms. The van der Waals surface area contributed by atoms with Crippen molar-refractivity contribution in [1.82, 2.24) is 15.2 Å². The minimum atomic E-state index is -0.527. The summed E-state index contributed by atoms with van der Waals surface area (Å²) in [7, 11) is 1.68. The zero-order valence-corrected chi connectivity index (χ0v) is 14.2. The molecule has 2 rings (SSSR count). The van der Waals surface area contributed by atoms with Crippen LogP contribution in [-0.4, -0.2) is 53.8 Å². The summed E-state index contributed by atoms with van der Waals surface area (Å²) in [5, 5.41) is 12.2. The number of carbonyl (C=O) groups excluding carboxylic acids is 1. The van der Waals surface area contributed by atoms with Crippen LogP contribution in [0, 0.1) is 0 Å². The lowest BCUT2D eigenvalue weighted by atomic mass is 10.2. The van der Waals surface area contributed by atoms with Gasteiger partial charge in [-0.2, -0.15) is 0 Å². The maximum atomic E-state index is 12.0. The second-order valence-electron chi connectivity index (χ2n) is 6.31. The largest absolute Gasteiger partial charge is 0.392 e. The molecule has 2 amide bonds. The van der Waals surface area contributed by atoms with Gasteiger partial charge >= 0.3 is 6.03 Å². The van der Waals surface area contributed by atoms with Gasteiger partial charge in [0.25, 0.3) is 0 Å². The molecule has 1 saturated heterocycles. The molecular formula is C17H28N4O2. The zero-order valence-electron chi connectivity index (χ0n) is 14.2. The van der Waals surface area contributed by atoms with Gasteiger partial charge in [-0.3, -0.25) is 0 Å². The normalized spacial score (nSPS) is 16.6. The Morgan fingerprint density at radius 1 is 1.39 bits per heavy atom. The number of amides is 2. The second-order valence-corrected chi connectivity index (χ2v) is 6.31. The number of pyridine rings is 1. The number of anilines is 1. The molecule has 2 N–H and O–H groups in total. The van der Waals surface area contributed by atoms with E-state index in [2.05, 4.69) is 21.3 Å². The highest BCUT2D eigenvalue weighted by Gasteiger charge is 2.13. The average molecular weight is 320 g/mol. The smallest absolute Gasteiger partial charge is 0.317 e. The SMILES string of the molecule is CC(O)CN(C)C(=O)NCc1ccnc(N2CCCCCC2)c1. The van der Waals surface area contributed by atoms with Gasteiger partial charge in [0, 0.05) is 39.4 Å². The Hall–Kier alpha value is -1.82. The molecule has 0 radical (unpaired) electrons. The molecule has 1 aliphatic heterocycles. The van der Waals surface area contributed by atoms with E-state index in [1.54, 1.807) is 20.2 Å². The Labute approximate surface area is 138 Å². The number of hydrogen-bond acceptors (Lipinski definition) is 4. The van der Waals surface area contributed by atoms with E-state index in [0.717, 1.165) is 24.5 Å². The van der Waals surface area contributed by atoms with Crippen LogP contribution in [0.15, 0.2) is 18.3 Å². The van der Waals surface area contributed by atoms with Gasteiger partial charge in [0.2, 0.25) is 0 Å². The monoisotopic (exact) mass is 320 g/mol. The van der Waals surface area contributed by atoms with Crippen molar-refractivity contribution in [2.75, 3.05) is 31.6 Å². The van der Waals surface area contributed by atoms with Crippen molar-refractivity contribution in [3.8, 4) is 0 Å². The van der Waals surface area contributed by atoms with Gasteiger partial charge < -0.3 is 20.2 Å². The van der Waals surface area contributed by atoms with Crippen molar-refractivity contribution < 1.29 is 9.90 Å². The third kappa shape index (κ3) is 5.71. The third-order valence-corrected chi connectivity index (χ3v) is 4.07. The van der Waals surface area contributed by atoms with Gasteiger partial charge in [0.15, 0.2) is 0 Å². The van der Waals surface area contributed by atoms with Crippen LogP contribution < -0.4 is 10.2 Å². The Morgan fingerprint density at radius 2 is 2.09 bits per heavy atom. The highest BCUT2D eigenvalue weighted by molar-refractivity contribution is 5.73. The molecule has 1 aromatic heterocycles. The van der Waals surface area contributed by atoms with Crippen LogP contribution in [0.1, 0.15) is 38.2 Å². The number of urea groups is 1. The highest BCUT2D eigenvalue weighted by Crippen LogP contribution is 2.18. The van der Waals surface area contributed by atoms with Crippen molar-refractivity contribution >= 4 is 11.8 Å². The third-order valence-electron chi connectivity index (χ3n) is 4.07. The first-order chi connectivity index (χ1) is 11.1. The molecule has 23 heavy (non-hydrogen) atoms. The fourth-order valence-corrected chi connectivity index (χ4v) is 2.84. The van der Waals surface area contributed by atoms with Crippen LogP contribution in [0.2, 0.25) is 0 Å². The van der Waals surface area contributed by atoms with Gasteiger partial charge in [-0.15, -0.1) is 0 Å². The van der Waals surface area contributed by atoms with Crippen LogP contribution in [-0.2, 0) is 6.54 Å². The first kappa shape index (κ1) is 17.5. The number of nitrogens with one attached hydrogen (secondary N) is 1. The predicted molar refractivity (Wildman–Crippen MR) is 91.5 cm³/mol. The van der Waals surface area contributed by atoms with Gasteiger partial charge in [-0.25, -0.2) is 9.78 Å². The lowest BCUT2D eigenvalue weighted by molar-refractivity contribution is 0.143. The molecule has 1 aromatic rings. The molecule has 0 aromatic carbocycles. The first-order valence-electron chi connectivity index (χ1n) is 8.43. The number of likely N-dealkylation sites (N-methyl/N-ethyl adjacent to an activating group) is 1. The summed E-state index contributed by atoms with van der Waals surface area (Å²) >= 11 is 0. The molecule has 0 saturated carbocycles. The Kier molecular flexibility index (Phi) is 6.65. The van der Waals surface area contributed by atoms with Gasteiger partial charge in [-0.05, 0) is 37.5 Å². The standard InChI is InChI=1S/C17H28N4O2/c1-14(22)13-20(2)17(23)19-12-15-7-8-18-16(11-15)21-9-5-3-4-6-10-21/h7-8,11,14,22H,3-6,9-10,12-13H2,1-2H3,(H,19,23). The van der Waals surface area contributed by atoms with Crippen molar-refractivity contribution in [3.05, 3.63) is 23.9 Å². The van der Waals surface area contributed by atoms with E-state index in [-0.39, 0.29) is 6.03 Å². The molecule has 0 aliphatic carbocycles. The summed E-state index contributed by atoms with van der Waals surface area (Å²) in [6.07, 6.45) is 6.30. The Balaban J connectivity index is 1.90. The van der Waals surface area contributed by atoms with Crippen LogP contribution in [0.3, 0.4) is 0 Å². The number of rotatable bonds is 5. The number of aromatic nitrogens is 1. The lowest BCUT2D eigenvalue weighted by Crippen LogP contribution is -2.40. The van der Waals surface area contributed by atoms with E-state index in [1.165, 1.54) is 30.6 Å². The number of nitrogens with zero attached hydrogens (tertiary/aromatic N) is 3. The first-order valence-corrected chi connectivity index (χ1v) is 8.43. The van der Waals surface area contributed by atoms with Crippen LogP contribution >= 0.6 is 0 Å². The van der Waals surface area contributed by atoms with Crippen molar-refractivity contribution in [2.24, 2.45) is 0 Å². The minimum absolute atomic E-state index is 0.181. The molecule has 2 heterocycles. The zero-order chi connectivity index (χ0) is 16.7. The average Bonchev–Trinajstić information content (AvgIpc) is 2.81. The quantitative estimate of drug-likeness (QED) is 0.870. The highest BCUT2D eigenvalue weighted by atomic mass is 16.3. The molecule has 1 atom stereocenters. The van der Waals surface area contributed by atoms with Gasteiger partial charge in [0.1, 0.15) is 5.82 Å². The maximum Gasteiger partial charge on any atom is 0.317 e. The van der Waals surface area contributed by atoms with E-state index in [9.17, 15) is 9.90 Å². The Bertz CT molecular complexity index is 499. The van der Waals surface area contributed by atoms with E-state index in [1.807, 2.05) is 6.07 Å². The lowest BCUT2D eigenvalue weighted by Gasteiger charge is -2.22. The molecule has 1 unspecified atom stereocenters. The molecule has 128 valence electrons. The summed E-state index contributed by atoms with van der Waals surface area (Å²) in [6.45, 7) is 4.56.